The normalized spacial score (nSPS) is 58.3. The van der Waals surface area contributed by atoms with E-state index >= 15 is 0 Å². The summed E-state index contributed by atoms with van der Waals surface area (Å²) in [5.74, 6) is -0.531. The Bertz CT molecular complexity index is 368. The first-order chi connectivity index (χ1) is 8.17. The van der Waals surface area contributed by atoms with Gasteiger partial charge in [0.15, 0.2) is 5.79 Å². The number of ether oxygens (including phenoxy) is 1. The van der Waals surface area contributed by atoms with Crippen LogP contribution >= 0.6 is 11.6 Å². The van der Waals surface area contributed by atoms with Gasteiger partial charge in [-0.25, -0.2) is 0 Å². The molecule has 2 bridgehead atoms. The molecule has 6 atom stereocenters. The van der Waals surface area contributed by atoms with Gasteiger partial charge in [0.05, 0.1) is 11.5 Å². The van der Waals surface area contributed by atoms with Crippen molar-refractivity contribution in [1.29, 1.82) is 0 Å². The van der Waals surface area contributed by atoms with E-state index in [1.165, 1.54) is 0 Å². The van der Waals surface area contributed by atoms with E-state index in [2.05, 4.69) is 13.8 Å². The van der Waals surface area contributed by atoms with E-state index < -0.39 is 11.4 Å². The minimum absolute atomic E-state index is 0.176. The van der Waals surface area contributed by atoms with Gasteiger partial charge in [0.2, 0.25) is 0 Å². The molecular weight excluding hydrogens is 252 g/mol. The lowest BCUT2D eigenvalue weighted by Gasteiger charge is -2.58. The third kappa shape index (κ3) is 1.60. The second kappa shape index (κ2) is 3.63. The SMILES string of the molecule is CC1(C)C[C@H]2[C@H]1C[C@@H](Cl)[C@@](C)(O)[C@@H]1CC[C@@]2(O)O1. The fourth-order valence-corrected chi connectivity index (χ4v) is 4.58. The second-order valence-corrected chi connectivity index (χ2v) is 7.85. The van der Waals surface area contributed by atoms with Gasteiger partial charge in [-0.15, -0.1) is 11.6 Å². The van der Waals surface area contributed by atoms with Crippen LogP contribution < -0.4 is 0 Å². The molecule has 0 aromatic rings. The second-order valence-electron chi connectivity index (χ2n) is 7.32. The zero-order chi connectivity index (χ0) is 13.3. The summed E-state index contributed by atoms with van der Waals surface area (Å²) in [5, 5.41) is 21.0. The molecule has 18 heavy (non-hydrogen) atoms. The Morgan fingerprint density at radius 3 is 2.44 bits per heavy atom. The van der Waals surface area contributed by atoms with Crippen LogP contribution in [-0.4, -0.2) is 33.1 Å². The fraction of sp³-hybridized carbons (Fsp3) is 1.00. The van der Waals surface area contributed by atoms with Crippen LogP contribution in [0.25, 0.3) is 0 Å². The van der Waals surface area contributed by atoms with E-state index in [1.54, 1.807) is 6.92 Å². The topological polar surface area (TPSA) is 49.7 Å². The molecule has 2 heterocycles. The highest BCUT2D eigenvalue weighted by Gasteiger charge is 2.63. The molecule has 3 nitrogen and oxygen atoms in total. The maximum atomic E-state index is 10.7. The first-order valence-electron chi connectivity index (χ1n) is 6.93. The zero-order valence-electron chi connectivity index (χ0n) is 11.3. The highest BCUT2D eigenvalue weighted by atomic mass is 35.5. The maximum absolute atomic E-state index is 10.7. The number of alkyl halides is 1. The van der Waals surface area contributed by atoms with Crippen LogP contribution in [0.2, 0.25) is 0 Å². The van der Waals surface area contributed by atoms with Crippen LogP contribution in [0, 0.1) is 17.3 Å². The Balaban J connectivity index is 1.95. The molecule has 0 unspecified atom stereocenters. The third-order valence-corrected chi connectivity index (χ3v) is 6.29. The van der Waals surface area contributed by atoms with Gasteiger partial charge in [-0.05, 0) is 37.5 Å². The monoisotopic (exact) mass is 274 g/mol. The van der Waals surface area contributed by atoms with E-state index in [1.807, 2.05) is 0 Å². The summed E-state index contributed by atoms with van der Waals surface area (Å²) in [7, 11) is 0. The fourth-order valence-electron chi connectivity index (χ4n) is 4.25. The van der Waals surface area contributed by atoms with Crippen LogP contribution in [-0.2, 0) is 4.74 Å². The molecule has 2 N–H and O–H groups in total. The van der Waals surface area contributed by atoms with Gasteiger partial charge in [0.1, 0.15) is 5.60 Å². The van der Waals surface area contributed by atoms with Gasteiger partial charge in [-0.2, -0.15) is 0 Å². The van der Waals surface area contributed by atoms with E-state index in [9.17, 15) is 10.2 Å². The van der Waals surface area contributed by atoms with Crippen LogP contribution in [0.5, 0.6) is 0 Å². The smallest absolute Gasteiger partial charge is 0.169 e. The molecule has 0 amide bonds. The van der Waals surface area contributed by atoms with Gasteiger partial charge < -0.3 is 14.9 Å². The standard InChI is InChI=1S/C14H23ClO3/c1-12(2)7-9-8(12)6-10(15)13(3,16)11-4-5-14(9,17)18-11/h8-11,16-17H,4-7H2,1-3H3/t8-,9+,10-,11+,13-,14-/m1/s1. The Morgan fingerprint density at radius 2 is 1.83 bits per heavy atom. The van der Waals surface area contributed by atoms with Crippen molar-refractivity contribution in [3.8, 4) is 0 Å². The number of rotatable bonds is 0. The first kappa shape index (κ1) is 13.2. The third-order valence-electron chi connectivity index (χ3n) is 5.67. The van der Waals surface area contributed by atoms with Crippen molar-refractivity contribution >= 4 is 11.6 Å². The highest BCUT2D eigenvalue weighted by molar-refractivity contribution is 6.21. The van der Waals surface area contributed by atoms with Gasteiger partial charge in [-0.3, -0.25) is 0 Å². The largest absolute Gasteiger partial charge is 0.386 e. The highest BCUT2D eigenvalue weighted by Crippen LogP contribution is 2.62. The lowest BCUT2D eigenvalue weighted by atomic mass is 9.51. The zero-order valence-corrected chi connectivity index (χ0v) is 12.1. The minimum atomic E-state index is -1.05. The Kier molecular flexibility index (Phi) is 2.65. The molecule has 3 aliphatic rings. The molecule has 3 fully saturated rings. The predicted molar refractivity (Wildman–Crippen MR) is 69.3 cm³/mol. The van der Waals surface area contributed by atoms with Crippen LogP contribution in [0.1, 0.15) is 46.5 Å². The van der Waals surface area contributed by atoms with Gasteiger partial charge >= 0.3 is 0 Å². The lowest BCUT2D eigenvalue weighted by molar-refractivity contribution is -0.303. The van der Waals surface area contributed by atoms with E-state index in [0.29, 0.717) is 18.8 Å². The van der Waals surface area contributed by atoms with Crippen molar-refractivity contribution in [2.24, 2.45) is 17.3 Å². The average Bonchev–Trinajstić information content (AvgIpc) is 2.66. The minimum Gasteiger partial charge on any atom is -0.386 e. The van der Waals surface area contributed by atoms with Crippen molar-refractivity contribution in [2.45, 2.75) is 69.3 Å². The van der Waals surface area contributed by atoms with Gasteiger partial charge in [-0.1, -0.05) is 13.8 Å². The maximum Gasteiger partial charge on any atom is 0.169 e. The predicted octanol–water partition coefficient (Wildman–Crippen LogP) is 2.28. The van der Waals surface area contributed by atoms with Crippen molar-refractivity contribution in [1.82, 2.24) is 0 Å². The molecule has 0 aromatic heterocycles. The van der Waals surface area contributed by atoms with Crippen molar-refractivity contribution in [2.75, 3.05) is 0 Å². The summed E-state index contributed by atoms with van der Waals surface area (Å²) in [5.41, 5.74) is -0.870. The van der Waals surface area contributed by atoms with Crippen LogP contribution in [0.15, 0.2) is 0 Å². The average molecular weight is 275 g/mol. The van der Waals surface area contributed by atoms with Crippen molar-refractivity contribution < 1.29 is 14.9 Å². The summed E-state index contributed by atoms with van der Waals surface area (Å²) in [4.78, 5) is 0. The number of hydrogen-bond acceptors (Lipinski definition) is 3. The quantitative estimate of drug-likeness (QED) is 0.667. The summed E-state index contributed by atoms with van der Waals surface area (Å²) < 4.78 is 5.82. The summed E-state index contributed by atoms with van der Waals surface area (Å²) in [6.45, 7) is 6.17. The van der Waals surface area contributed by atoms with Crippen molar-refractivity contribution in [3.63, 3.8) is 0 Å². The Hall–Kier alpha value is 0.170. The molecule has 0 aromatic carbocycles. The molecule has 4 heteroatoms. The molecule has 2 aliphatic heterocycles. The number of halogens is 1. The number of fused-ring (bicyclic) bond motifs is 4. The van der Waals surface area contributed by atoms with Gasteiger partial charge in [0.25, 0.3) is 0 Å². The molecule has 104 valence electrons. The van der Waals surface area contributed by atoms with E-state index in [4.69, 9.17) is 16.3 Å². The Labute approximate surface area is 113 Å². The number of hydrogen-bond donors (Lipinski definition) is 2. The summed E-state index contributed by atoms with van der Waals surface area (Å²) >= 11 is 6.43. The molecule has 1 saturated carbocycles. The van der Waals surface area contributed by atoms with Crippen LogP contribution in [0.3, 0.4) is 0 Å². The molecule has 3 rings (SSSR count). The molecule has 2 saturated heterocycles. The first-order valence-corrected chi connectivity index (χ1v) is 7.37. The summed E-state index contributed by atoms with van der Waals surface area (Å²) in [6.07, 6.45) is 2.71. The Morgan fingerprint density at radius 1 is 1.17 bits per heavy atom. The van der Waals surface area contributed by atoms with Crippen molar-refractivity contribution in [3.05, 3.63) is 0 Å². The molecule has 0 spiro atoms. The van der Waals surface area contributed by atoms with E-state index in [0.717, 1.165) is 12.8 Å². The van der Waals surface area contributed by atoms with E-state index in [-0.39, 0.29) is 22.8 Å². The number of aliphatic hydroxyl groups is 2. The molecular formula is C14H23ClO3. The molecule has 1 aliphatic carbocycles. The van der Waals surface area contributed by atoms with Crippen LogP contribution in [0.4, 0.5) is 0 Å². The summed E-state index contributed by atoms with van der Waals surface area (Å²) in [6, 6.07) is 0. The molecule has 0 radical (unpaired) electrons. The van der Waals surface area contributed by atoms with Gasteiger partial charge in [0, 0.05) is 12.3 Å². The lowest BCUT2D eigenvalue weighted by Crippen LogP contribution is -2.61.